The van der Waals surface area contributed by atoms with Gasteiger partial charge in [0.2, 0.25) is 0 Å². The Bertz CT molecular complexity index is 969. The number of hydrazine groups is 2. The number of rotatable bonds is 0. The fourth-order valence-electron chi connectivity index (χ4n) is 3.75. The number of nitriles is 2. The van der Waals surface area contributed by atoms with Crippen molar-refractivity contribution < 1.29 is 0 Å². The van der Waals surface area contributed by atoms with E-state index in [9.17, 15) is 10.5 Å². The SMILES string of the molecule is N#CC1=Cc2ccccc2[C@@H]2NN3C(C#N)=Cc4ccccc4[C@@H]3NN12. The maximum atomic E-state index is 9.64. The molecule has 6 nitrogen and oxygen atoms in total. The summed E-state index contributed by atoms with van der Waals surface area (Å²) < 4.78 is 0. The average molecular weight is 338 g/mol. The fourth-order valence-corrected chi connectivity index (χ4v) is 3.75. The summed E-state index contributed by atoms with van der Waals surface area (Å²) in [5.41, 5.74) is 12.0. The zero-order chi connectivity index (χ0) is 17.7. The Hall–Kier alpha value is -3.58. The summed E-state index contributed by atoms with van der Waals surface area (Å²) in [5, 5.41) is 23.0. The Balaban J connectivity index is 1.65. The lowest BCUT2D eigenvalue weighted by molar-refractivity contribution is -0.0532. The van der Waals surface area contributed by atoms with Crippen LogP contribution in [0.2, 0.25) is 0 Å². The van der Waals surface area contributed by atoms with Gasteiger partial charge in [0.15, 0.2) is 0 Å². The lowest BCUT2D eigenvalue weighted by Gasteiger charge is -2.51. The first kappa shape index (κ1) is 14.7. The summed E-state index contributed by atoms with van der Waals surface area (Å²) in [6, 6.07) is 20.4. The van der Waals surface area contributed by atoms with Gasteiger partial charge in [0.1, 0.15) is 35.9 Å². The van der Waals surface area contributed by atoms with Crippen LogP contribution in [0.15, 0.2) is 59.9 Å². The minimum absolute atomic E-state index is 0.274. The molecule has 1 fully saturated rings. The van der Waals surface area contributed by atoms with Crippen LogP contribution < -0.4 is 10.9 Å². The van der Waals surface area contributed by atoms with Crippen molar-refractivity contribution in [2.75, 3.05) is 0 Å². The zero-order valence-corrected chi connectivity index (χ0v) is 13.7. The van der Waals surface area contributed by atoms with E-state index in [4.69, 9.17) is 0 Å². The highest BCUT2D eigenvalue weighted by Gasteiger charge is 2.41. The first-order valence-corrected chi connectivity index (χ1v) is 8.32. The second-order valence-corrected chi connectivity index (χ2v) is 6.34. The smallest absolute Gasteiger partial charge is 0.139 e. The van der Waals surface area contributed by atoms with E-state index in [1.54, 1.807) is 0 Å². The molecular formula is C20H14N6. The standard InChI is InChI=1S/C20H14N6/c21-11-15-9-13-5-1-3-7-17(13)19-23-26-16(12-22)10-14-6-2-4-8-18(14)20(26)24-25(15)19/h1-10,19-20,23-24H/t19-,20-/m1/s1. The third-order valence-corrected chi connectivity index (χ3v) is 4.95. The van der Waals surface area contributed by atoms with E-state index < -0.39 is 0 Å². The molecule has 26 heavy (non-hydrogen) atoms. The van der Waals surface area contributed by atoms with Crippen molar-refractivity contribution in [3.8, 4) is 12.1 Å². The Labute approximate surface area is 150 Å². The molecule has 0 amide bonds. The van der Waals surface area contributed by atoms with E-state index in [2.05, 4.69) is 23.0 Å². The van der Waals surface area contributed by atoms with Crippen molar-refractivity contribution in [2.24, 2.45) is 0 Å². The van der Waals surface area contributed by atoms with Crippen LogP contribution >= 0.6 is 0 Å². The summed E-state index contributed by atoms with van der Waals surface area (Å²) in [6.07, 6.45) is 3.21. The Morgan fingerprint density at radius 3 is 1.54 bits per heavy atom. The number of nitrogens with zero attached hydrogens (tertiary/aromatic N) is 4. The van der Waals surface area contributed by atoms with Gasteiger partial charge in [0.25, 0.3) is 0 Å². The van der Waals surface area contributed by atoms with Crippen molar-refractivity contribution in [2.45, 2.75) is 12.3 Å². The van der Waals surface area contributed by atoms with Crippen LogP contribution in [0.3, 0.4) is 0 Å². The molecule has 0 bridgehead atoms. The number of fused-ring (bicyclic) bond motifs is 6. The molecule has 0 aromatic heterocycles. The molecule has 0 spiro atoms. The number of hydrogen-bond acceptors (Lipinski definition) is 6. The molecule has 0 radical (unpaired) electrons. The first-order valence-electron chi connectivity index (χ1n) is 8.32. The van der Waals surface area contributed by atoms with E-state index in [1.807, 2.05) is 70.7 Å². The van der Waals surface area contributed by atoms with Gasteiger partial charge in [-0.1, -0.05) is 48.5 Å². The Kier molecular flexibility index (Phi) is 3.10. The molecule has 2 aromatic carbocycles. The highest BCUT2D eigenvalue weighted by molar-refractivity contribution is 5.65. The maximum absolute atomic E-state index is 9.64. The molecule has 6 heteroatoms. The van der Waals surface area contributed by atoms with Crippen molar-refractivity contribution in [1.82, 2.24) is 20.9 Å². The van der Waals surface area contributed by atoms with E-state index >= 15 is 0 Å². The van der Waals surface area contributed by atoms with Gasteiger partial charge in [-0.05, 0) is 34.4 Å². The van der Waals surface area contributed by atoms with Crippen molar-refractivity contribution in [1.29, 1.82) is 10.5 Å². The van der Waals surface area contributed by atoms with Crippen LogP contribution in [0.25, 0.3) is 12.2 Å². The minimum Gasteiger partial charge on any atom is -0.273 e. The van der Waals surface area contributed by atoms with Gasteiger partial charge in [0, 0.05) is 0 Å². The quantitative estimate of drug-likeness (QED) is 0.769. The Morgan fingerprint density at radius 2 is 1.12 bits per heavy atom. The molecule has 2 atom stereocenters. The molecule has 0 aliphatic carbocycles. The number of benzene rings is 2. The topological polar surface area (TPSA) is 78.1 Å². The molecule has 2 N–H and O–H groups in total. The van der Waals surface area contributed by atoms with Crippen LogP contribution in [0, 0.1) is 22.7 Å². The molecule has 5 rings (SSSR count). The molecule has 124 valence electrons. The molecule has 2 aromatic rings. The third kappa shape index (κ3) is 1.98. The highest BCUT2D eigenvalue weighted by Crippen LogP contribution is 2.40. The maximum Gasteiger partial charge on any atom is 0.139 e. The third-order valence-electron chi connectivity index (χ3n) is 4.95. The van der Waals surface area contributed by atoms with Gasteiger partial charge < -0.3 is 0 Å². The minimum atomic E-state index is -0.274. The van der Waals surface area contributed by atoms with E-state index in [-0.39, 0.29) is 12.3 Å². The summed E-state index contributed by atoms with van der Waals surface area (Å²) in [7, 11) is 0. The van der Waals surface area contributed by atoms with Crippen LogP contribution in [-0.2, 0) is 0 Å². The lowest BCUT2D eigenvalue weighted by Crippen LogP contribution is -2.63. The molecule has 3 aliphatic heterocycles. The van der Waals surface area contributed by atoms with E-state index in [0.717, 1.165) is 22.3 Å². The first-order chi connectivity index (χ1) is 12.8. The van der Waals surface area contributed by atoms with Gasteiger partial charge in [-0.2, -0.15) is 10.5 Å². The second-order valence-electron chi connectivity index (χ2n) is 6.34. The normalized spacial score (nSPS) is 22.5. The second kappa shape index (κ2) is 5.47. The summed E-state index contributed by atoms with van der Waals surface area (Å²) in [5.74, 6) is 0. The molecule has 3 aliphatic rings. The van der Waals surface area contributed by atoms with Crippen LogP contribution in [0.1, 0.15) is 34.6 Å². The van der Waals surface area contributed by atoms with Gasteiger partial charge in [-0.15, -0.1) is 0 Å². The predicted octanol–water partition coefficient (Wildman–Crippen LogP) is 2.77. The lowest BCUT2D eigenvalue weighted by atomic mass is 9.97. The molecular weight excluding hydrogens is 324 g/mol. The van der Waals surface area contributed by atoms with Crippen molar-refractivity contribution >= 4 is 12.2 Å². The monoisotopic (exact) mass is 338 g/mol. The van der Waals surface area contributed by atoms with E-state index in [1.165, 1.54) is 0 Å². The van der Waals surface area contributed by atoms with Crippen LogP contribution in [0.4, 0.5) is 0 Å². The van der Waals surface area contributed by atoms with Crippen LogP contribution in [0.5, 0.6) is 0 Å². The van der Waals surface area contributed by atoms with Gasteiger partial charge in [0.05, 0.1) is 0 Å². The average Bonchev–Trinajstić information content (AvgIpc) is 2.71. The molecule has 0 saturated carbocycles. The summed E-state index contributed by atoms with van der Waals surface area (Å²) >= 11 is 0. The number of nitrogens with one attached hydrogen (secondary N) is 2. The van der Waals surface area contributed by atoms with Gasteiger partial charge in [-0.25, -0.2) is 10.9 Å². The van der Waals surface area contributed by atoms with Crippen molar-refractivity contribution in [3.63, 3.8) is 0 Å². The predicted molar refractivity (Wildman–Crippen MR) is 95.5 cm³/mol. The molecule has 3 heterocycles. The largest absolute Gasteiger partial charge is 0.273 e. The molecule has 0 unspecified atom stereocenters. The molecule has 1 saturated heterocycles. The zero-order valence-electron chi connectivity index (χ0n) is 13.7. The summed E-state index contributed by atoms with van der Waals surface area (Å²) in [4.78, 5) is 0. The van der Waals surface area contributed by atoms with Gasteiger partial charge in [-0.3, -0.25) is 10.0 Å². The van der Waals surface area contributed by atoms with E-state index in [0.29, 0.717) is 11.4 Å². The Morgan fingerprint density at radius 1 is 0.692 bits per heavy atom. The van der Waals surface area contributed by atoms with Crippen molar-refractivity contribution in [3.05, 3.63) is 82.2 Å². The van der Waals surface area contributed by atoms with Crippen LogP contribution in [-0.4, -0.2) is 10.0 Å². The summed E-state index contributed by atoms with van der Waals surface area (Å²) in [6.45, 7) is 0. The fraction of sp³-hybridized carbons (Fsp3) is 0.100. The number of allylic oxidation sites excluding steroid dienone is 2. The number of hydrogen-bond donors (Lipinski definition) is 2. The van der Waals surface area contributed by atoms with Gasteiger partial charge >= 0.3 is 0 Å². The highest BCUT2D eigenvalue weighted by atomic mass is 15.8.